The van der Waals surface area contributed by atoms with E-state index in [4.69, 9.17) is 0 Å². The molecule has 0 spiro atoms. The Morgan fingerprint density at radius 2 is 2.00 bits per heavy atom. The monoisotopic (exact) mass is 431 g/mol. The van der Waals surface area contributed by atoms with E-state index in [1.165, 1.54) is 23.0 Å². The van der Waals surface area contributed by atoms with E-state index in [0.29, 0.717) is 13.1 Å². The summed E-state index contributed by atoms with van der Waals surface area (Å²) in [5.74, 6) is -3.87. The number of aromatic nitrogens is 1. The third-order valence-electron chi connectivity index (χ3n) is 6.00. The molecule has 2 aliphatic rings. The third-order valence-corrected chi connectivity index (χ3v) is 6.00. The van der Waals surface area contributed by atoms with E-state index in [-0.39, 0.29) is 35.8 Å². The minimum atomic E-state index is -1.03. The Morgan fingerprint density at radius 1 is 1.23 bits per heavy atom. The van der Waals surface area contributed by atoms with Gasteiger partial charge in [0, 0.05) is 25.7 Å². The van der Waals surface area contributed by atoms with Gasteiger partial charge in [-0.2, -0.15) is 0 Å². The number of Topliss-reactive ketones (excluding diaryl/α,β-unsaturated/α-hetero) is 1. The number of hydrogen-bond donors (Lipinski definition) is 1. The van der Waals surface area contributed by atoms with Crippen LogP contribution in [0.4, 0.5) is 8.78 Å². The lowest BCUT2D eigenvalue weighted by atomic mass is 10.0. The van der Waals surface area contributed by atoms with Gasteiger partial charge in [0.1, 0.15) is 6.17 Å². The number of carbonyl (C=O) groups is 2. The summed E-state index contributed by atoms with van der Waals surface area (Å²) in [6.07, 6.45) is 3.30. The first-order valence-electron chi connectivity index (χ1n) is 10.4. The average molecular weight is 431 g/mol. The lowest BCUT2D eigenvalue weighted by molar-refractivity contribution is 0.0534. The number of rotatable bonds is 5. The van der Waals surface area contributed by atoms with E-state index in [1.54, 1.807) is 4.90 Å². The summed E-state index contributed by atoms with van der Waals surface area (Å²) in [5, 5.41) is 12.4. The molecular formula is C22H23F2N3O4. The number of carbonyl (C=O) groups excluding carboxylic acids is 2. The highest BCUT2D eigenvalue weighted by Gasteiger charge is 2.40. The van der Waals surface area contributed by atoms with E-state index >= 15 is 0 Å². The van der Waals surface area contributed by atoms with Gasteiger partial charge in [-0.15, -0.1) is 0 Å². The van der Waals surface area contributed by atoms with Gasteiger partial charge < -0.3 is 10.0 Å². The van der Waals surface area contributed by atoms with Crippen molar-refractivity contribution in [3.8, 4) is 5.75 Å². The van der Waals surface area contributed by atoms with Gasteiger partial charge in [0.25, 0.3) is 5.91 Å². The van der Waals surface area contributed by atoms with Crippen LogP contribution in [0.3, 0.4) is 0 Å². The molecule has 1 fully saturated rings. The molecule has 164 valence electrons. The van der Waals surface area contributed by atoms with Crippen molar-refractivity contribution < 1.29 is 23.5 Å². The highest BCUT2D eigenvalue weighted by atomic mass is 19.2. The van der Waals surface area contributed by atoms with Crippen LogP contribution in [0.15, 0.2) is 29.2 Å². The van der Waals surface area contributed by atoms with Crippen LogP contribution in [-0.4, -0.2) is 45.6 Å². The van der Waals surface area contributed by atoms with Gasteiger partial charge in [-0.3, -0.25) is 24.1 Å². The Bertz CT molecular complexity index is 1110. The maximum atomic E-state index is 13.9. The summed E-state index contributed by atoms with van der Waals surface area (Å²) in [5.41, 5.74) is -1.34. The zero-order valence-corrected chi connectivity index (χ0v) is 17.1. The quantitative estimate of drug-likeness (QED) is 0.736. The van der Waals surface area contributed by atoms with E-state index in [0.717, 1.165) is 25.3 Å². The number of piperidine rings is 1. The van der Waals surface area contributed by atoms with Crippen LogP contribution < -0.4 is 10.4 Å². The lowest BCUT2D eigenvalue weighted by Gasteiger charge is -2.48. The largest absolute Gasteiger partial charge is 0.502 e. The number of benzene rings is 1. The summed E-state index contributed by atoms with van der Waals surface area (Å²) in [4.78, 5) is 40.1. The molecule has 0 unspecified atom stereocenters. The molecule has 2 aromatic rings. The number of ketones is 1. The number of fused-ring (bicyclic) bond motifs is 3. The van der Waals surface area contributed by atoms with Gasteiger partial charge in [0.05, 0.1) is 5.56 Å². The van der Waals surface area contributed by atoms with Gasteiger partial charge in [-0.25, -0.2) is 8.78 Å². The van der Waals surface area contributed by atoms with Gasteiger partial charge >= 0.3 is 0 Å². The summed E-state index contributed by atoms with van der Waals surface area (Å²) in [7, 11) is 0. The van der Waals surface area contributed by atoms with Crippen LogP contribution in [0.1, 0.15) is 59.0 Å². The Hall–Kier alpha value is -3.23. The van der Waals surface area contributed by atoms with E-state index in [1.807, 2.05) is 11.9 Å². The molecule has 0 radical (unpaired) electrons. The molecule has 2 aliphatic heterocycles. The molecule has 1 atom stereocenters. The second-order valence-corrected chi connectivity index (χ2v) is 7.78. The van der Waals surface area contributed by atoms with Crippen LogP contribution in [0.25, 0.3) is 0 Å². The van der Waals surface area contributed by atoms with Crippen LogP contribution in [0.2, 0.25) is 0 Å². The number of hydrogen-bond acceptors (Lipinski definition) is 5. The van der Waals surface area contributed by atoms with E-state index < -0.39 is 34.5 Å². The van der Waals surface area contributed by atoms with Crippen molar-refractivity contribution in [1.29, 1.82) is 0 Å². The van der Waals surface area contributed by atoms with Crippen molar-refractivity contribution in [2.24, 2.45) is 0 Å². The van der Waals surface area contributed by atoms with Crippen molar-refractivity contribution >= 4 is 11.7 Å². The van der Waals surface area contributed by atoms with E-state index in [9.17, 15) is 28.3 Å². The zero-order valence-electron chi connectivity index (χ0n) is 17.1. The van der Waals surface area contributed by atoms with Crippen molar-refractivity contribution in [1.82, 2.24) is 9.58 Å². The average Bonchev–Trinajstić information content (AvgIpc) is 2.77. The van der Waals surface area contributed by atoms with Gasteiger partial charge in [0.15, 0.2) is 28.9 Å². The molecule has 7 nitrogen and oxygen atoms in total. The number of nitrogens with zero attached hydrogens (tertiary/aromatic N) is 3. The molecule has 4 rings (SSSR count). The smallest absolute Gasteiger partial charge is 0.278 e. The Balaban J connectivity index is 1.70. The second kappa shape index (κ2) is 8.13. The number of halogens is 2. The first-order chi connectivity index (χ1) is 14.8. The summed E-state index contributed by atoms with van der Waals surface area (Å²) in [6.45, 7) is 2.86. The Kier molecular flexibility index (Phi) is 5.51. The van der Waals surface area contributed by atoms with E-state index in [2.05, 4.69) is 0 Å². The maximum absolute atomic E-state index is 13.9. The van der Waals surface area contributed by atoms with Crippen LogP contribution in [0.5, 0.6) is 5.75 Å². The number of aryl methyl sites for hydroxylation is 1. The minimum Gasteiger partial charge on any atom is -0.502 e. The fraction of sp³-hybridized carbons (Fsp3) is 0.409. The molecule has 0 saturated carbocycles. The summed E-state index contributed by atoms with van der Waals surface area (Å²) < 4.78 is 28.7. The fourth-order valence-corrected chi connectivity index (χ4v) is 4.41. The molecule has 1 N–H and O–H groups in total. The van der Waals surface area contributed by atoms with Crippen molar-refractivity contribution in [2.45, 2.75) is 45.2 Å². The molecule has 31 heavy (non-hydrogen) atoms. The normalized spacial score (nSPS) is 18.0. The molecule has 0 bridgehead atoms. The van der Waals surface area contributed by atoms with Crippen LogP contribution in [-0.2, 0) is 6.42 Å². The maximum Gasteiger partial charge on any atom is 0.278 e. The topological polar surface area (TPSA) is 82.9 Å². The molecule has 1 saturated heterocycles. The standard InChI is InChI=1S/C22H23F2N3O4/c1-2-25-17-8-3-4-11-26(17)27-12-14(20(29)21(30)19(27)22(25)31)16(28)10-9-13-6-5-7-15(23)18(13)24/h5-7,12,17,30H,2-4,8-11H2,1H3/t17-/m0/s1. The van der Waals surface area contributed by atoms with Crippen LogP contribution >= 0.6 is 0 Å². The second-order valence-electron chi connectivity index (χ2n) is 7.78. The summed E-state index contributed by atoms with van der Waals surface area (Å²) >= 11 is 0. The lowest BCUT2D eigenvalue weighted by Crippen LogP contribution is -2.63. The SMILES string of the molecule is CCN1C(=O)c2c(O)c(=O)c(C(=O)CCc3cccc(F)c3F)cn2N2CCCC[C@@H]12. The Morgan fingerprint density at radius 3 is 2.74 bits per heavy atom. The highest BCUT2D eigenvalue weighted by Crippen LogP contribution is 2.29. The van der Waals surface area contributed by atoms with Gasteiger partial charge in [-0.05, 0) is 44.2 Å². The number of pyridine rings is 1. The molecule has 1 amide bonds. The molecular weight excluding hydrogens is 408 g/mol. The predicted octanol–water partition coefficient (Wildman–Crippen LogP) is 2.57. The predicted molar refractivity (Wildman–Crippen MR) is 109 cm³/mol. The molecule has 0 aliphatic carbocycles. The molecule has 3 heterocycles. The minimum absolute atomic E-state index is 0.0282. The Labute approximate surface area is 177 Å². The van der Waals surface area contributed by atoms with Crippen molar-refractivity contribution in [3.05, 3.63) is 63.1 Å². The van der Waals surface area contributed by atoms with Crippen LogP contribution in [0, 0.1) is 11.6 Å². The number of amides is 1. The fourth-order valence-electron chi connectivity index (χ4n) is 4.41. The highest BCUT2D eigenvalue weighted by molar-refractivity contribution is 6.00. The van der Waals surface area contributed by atoms with Crippen molar-refractivity contribution in [3.63, 3.8) is 0 Å². The van der Waals surface area contributed by atoms with Crippen molar-refractivity contribution in [2.75, 3.05) is 18.1 Å². The molecule has 1 aromatic carbocycles. The first-order valence-corrected chi connectivity index (χ1v) is 10.4. The zero-order chi connectivity index (χ0) is 22.3. The molecule has 9 heteroatoms. The molecule has 1 aromatic heterocycles. The first kappa shape index (κ1) is 21.0. The summed E-state index contributed by atoms with van der Waals surface area (Å²) in [6, 6.07) is 3.71. The third kappa shape index (κ3) is 3.47. The van der Waals surface area contributed by atoms with Gasteiger partial charge in [0.2, 0.25) is 5.43 Å². The number of aromatic hydroxyl groups is 1. The van der Waals surface area contributed by atoms with Gasteiger partial charge in [-0.1, -0.05) is 12.1 Å².